The van der Waals surface area contributed by atoms with Crippen LogP contribution in [0.3, 0.4) is 0 Å². The zero-order valence-corrected chi connectivity index (χ0v) is 13.1. The topological polar surface area (TPSA) is 54.9 Å². The first kappa shape index (κ1) is 15.0. The minimum absolute atomic E-state index is 0.113. The lowest BCUT2D eigenvalue weighted by molar-refractivity contribution is 0.102. The van der Waals surface area contributed by atoms with E-state index in [1.165, 1.54) is 23.1 Å². The van der Waals surface area contributed by atoms with Crippen LogP contribution in [0.25, 0.3) is 0 Å². The van der Waals surface area contributed by atoms with Gasteiger partial charge in [0.25, 0.3) is 0 Å². The van der Waals surface area contributed by atoms with E-state index in [4.69, 9.17) is 0 Å². The molecule has 0 amide bonds. The van der Waals surface area contributed by atoms with Gasteiger partial charge in [-0.2, -0.15) is 0 Å². The van der Waals surface area contributed by atoms with Crippen molar-refractivity contribution in [2.75, 3.05) is 17.6 Å². The maximum atomic E-state index is 12.0. The summed E-state index contributed by atoms with van der Waals surface area (Å²) >= 11 is 2.92. The summed E-state index contributed by atoms with van der Waals surface area (Å²) in [7, 11) is 0. The molecule has 0 bridgehead atoms. The minimum atomic E-state index is 0.113. The highest BCUT2D eigenvalue weighted by atomic mass is 32.2. The molecule has 0 fully saturated rings. The third kappa shape index (κ3) is 4.61. The first-order chi connectivity index (χ1) is 9.65. The van der Waals surface area contributed by atoms with Gasteiger partial charge in [0, 0.05) is 12.1 Å². The van der Waals surface area contributed by atoms with Gasteiger partial charge in [-0.3, -0.25) is 4.79 Å². The molecule has 1 aromatic heterocycles. The molecule has 106 valence electrons. The molecule has 0 aliphatic carbocycles. The van der Waals surface area contributed by atoms with Crippen LogP contribution in [0.1, 0.15) is 24.2 Å². The quantitative estimate of drug-likeness (QED) is 0.626. The van der Waals surface area contributed by atoms with E-state index < -0.39 is 0 Å². The van der Waals surface area contributed by atoms with Crippen LogP contribution in [-0.2, 0) is 0 Å². The van der Waals surface area contributed by atoms with Crippen LogP contribution in [0.2, 0.25) is 0 Å². The molecule has 4 nitrogen and oxygen atoms in total. The molecule has 1 N–H and O–H groups in total. The molecule has 0 aliphatic heterocycles. The Morgan fingerprint density at radius 1 is 1.30 bits per heavy atom. The number of nitrogens with one attached hydrogen (secondary N) is 1. The second kappa shape index (κ2) is 7.40. The lowest BCUT2D eigenvalue weighted by atomic mass is 10.2. The van der Waals surface area contributed by atoms with Gasteiger partial charge in [0.05, 0.1) is 5.75 Å². The number of nitrogens with zero attached hydrogens (tertiary/aromatic N) is 2. The van der Waals surface area contributed by atoms with Gasteiger partial charge in [0.15, 0.2) is 10.1 Å². The van der Waals surface area contributed by atoms with Gasteiger partial charge >= 0.3 is 0 Å². The van der Waals surface area contributed by atoms with Crippen molar-refractivity contribution < 1.29 is 4.79 Å². The molecule has 2 rings (SSSR count). The number of aromatic nitrogens is 2. The largest absolute Gasteiger partial charge is 0.360 e. The highest BCUT2D eigenvalue weighted by Crippen LogP contribution is 2.26. The van der Waals surface area contributed by atoms with Crippen molar-refractivity contribution in [1.82, 2.24) is 10.2 Å². The Balaban J connectivity index is 1.84. The number of hydrogen-bond donors (Lipinski definition) is 1. The Bertz CT molecular complexity index is 555. The zero-order valence-electron chi connectivity index (χ0n) is 11.5. The van der Waals surface area contributed by atoms with Crippen molar-refractivity contribution in [1.29, 1.82) is 0 Å². The summed E-state index contributed by atoms with van der Waals surface area (Å²) in [6, 6.07) is 9.31. The second-order valence-electron chi connectivity index (χ2n) is 4.73. The van der Waals surface area contributed by atoms with Crippen LogP contribution in [-0.4, -0.2) is 28.3 Å². The molecule has 2 aromatic rings. The van der Waals surface area contributed by atoms with Gasteiger partial charge < -0.3 is 5.32 Å². The van der Waals surface area contributed by atoms with E-state index in [9.17, 15) is 4.79 Å². The summed E-state index contributed by atoms with van der Waals surface area (Å²) in [4.78, 5) is 12.0. The molecule has 6 heteroatoms. The van der Waals surface area contributed by atoms with Gasteiger partial charge in [-0.15, -0.1) is 10.2 Å². The molecular weight excluding hydrogens is 290 g/mol. The molecule has 0 saturated carbocycles. The van der Waals surface area contributed by atoms with E-state index in [1.807, 2.05) is 30.3 Å². The first-order valence-corrected chi connectivity index (χ1v) is 8.24. The van der Waals surface area contributed by atoms with E-state index >= 15 is 0 Å². The van der Waals surface area contributed by atoms with Crippen LogP contribution in [0.4, 0.5) is 5.13 Å². The lowest BCUT2D eigenvalue weighted by Crippen LogP contribution is -2.07. The van der Waals surface area contributed by atoms with Crippen molar-refractivity contribution in [2.24, 2.45) is 5.92 Å². The summed E-state index contributed by atoms with van der Waals surface area (Å²) < 4.78 is 0.820. The van der Waals surface area contributed by atoms with Gasteiger partial charge in [0.1, 0.15) is 0 Å². The Labute approximate surface area is 127 Å². The molecule has 1 heterocycles. The fourth-order valence-electron chi connectivity index (χ4n) is 1.47. The summed E-state index contributed by atoms with van der Waals surface area (Å²) in [6.07, 6.45) is 0. The summed E-state index contributed by atoms with van der Waals surface area (Å²) in [5.74, 6) is 1.07. The van der Waals surface area contributed by atoms with Gasteiger partial charge in [-0.25, -0.2) is 0 Å². The minimum Gasteiger partial charge on any atom is -0.360 e. The number of hydrogen-bond acceptors (Lipinski definition) is 6. The number of thioether (sulfide) groups is 1. The lowest BCUT2D eigenvalue weighted by Gasteiger charge is -2.03. The molecule has 0 unspecified atom stereocenters. The molecule has 0 saturated heterocycles. The van der Waals surface area contributed by atoms with Crippen LogP contribution in [0.15, 0.2) is 34.7 Å². The fraction of sp³-hybridized carbons (Fsp3) is 0.357. The normalized spacial score (nSPS) is 10.8. The number of rotatable bonds is 7. The second-order valence-corrected chi connectivity index (χ2v) is 6.93. The number of Topliss-reactive ketones (excluding diaryl/α,β-unsaturated/α-hetero) is 1. The molecule has 0 atom stereocenters. The monoisotopic (exact) mass is 307 g/mol. The van der Waals surface area contributed by atoms with E-state index in [0.717, 1.165) is 21.6 Å². The standard InChI is InChI=1S/C14H17N3OS2/c1-10(2)8-15-13-16-17-14(20-13)19-9-12(18)11-6-4-3-5-7-11/h3-7,10H,8-9H2,1-2H3,(H,15,16). The number of carbonyl (C=O) groups excluding carboxylic acids is 1. The molecule has 0 radical (unpaired) electrons. The van der Waals surface area contributed by atoms with Crippen LogP contribution in [0, 0.1) is 5.92 Å². The van der Waals surface area contributed by atoms with Crippen molar-refractivity contribution in [3.63, 3.8) is 0 Å². The summed E-state index contributed by atoms with van der Waals surface area (Å²) in [6.45, 7) is 5.16. The number of ketones is 1. The molecular formula is C14H17N3OS2. The summed E-state index contributed by atoms with van der Waals surface area (Å²) in [5, 5.41) is 12.2. The average molecular weight is 307 g/mol. The van der Waals surface area contributed by atoms with Crippen molar-refractivity contribution in [3.8, 4) is 0 Å². The highest BCUT2D eigenvalue weighted by Gasteiger charge is 2.09. The van der Waals surface area contributed by atoms with E-state index in [-0.39, 0.29) is 5.78 Å². The van der Waals surface area contributed by atoms with E-state index in [0.29, 0.717) is 11.7 Å². The van der Waals surface area contributed by atoms with Crippen molar-refractivity contribution in [3.05, 3.63) is 35.9 Å². The van der Waals surface area contributed by atoms with E-state index in [1.54, 1.807) is 0 Å². The molecule has 0 spiro atoms. The predicted molar refractivity (Wildman–Crippen MR) is 84.7 cm³/mol. The maximum Gasteiger partial charge on any atom is 0.206 e. The third-order valence-electron chi connectivity index (χ3n) is 2.49. The first-order valence-electron chi connectivity index (χ1n) is 6.43. The molecule has 1 aromatic carbocycles. The fourth-order valence-corrected chi connectivity index (χ4v) is 3.12. The molecule has 0 aliphatic rings. The predicted octanol–water partition coefficient (Wildman–Crippen LogP) is 3.58. The smallest absolute Gasteiger partial charge is 0.206 e. The number of benzene rings is 1. The van der Waals surface area contributed by atoms with Crippen molar-refractivity contribution in [2.45, 2.75) is 18.2 Å². The van der Waals surface area contributed by atoms with Crippen LogP contribution in [0.5, 0.6) is 0 Å². The zero-order chi connectivity index (χ0) is 14.4. The number of carbonyl (C=O) groups is 1. The SMILES string of the molecule is CC(C)CNc1nnc(SCC(=O)c2ccccc2)s1. The summed E-state index contributed by atoms with van der Waals surface area (Å²) in [5.41, 5.74) is 0.739. The van der Waals surface area contributed by atoms with Gasteiger partial charge in [0.2, 0.25) is 5.13 Å². The van der Waals surface area contributed by atoms with Crippen LogP contribution >= 0.6 is 23.1 Å². The average Bonchev–Trinajstić information content (AvgIpc) is 2.91. The third-order valence-corrected chi connectivity index (χ3v) is 4.50. The van der Waals surface area contributed by atoms with Crippen LogP contribution < -0.4 is 5.32 Å². The highest BCUT2D eigenvalue weighted by molar-refractivity contribution is 8.01. The Morgan fingerprint density at radius 2 is 2.05 bits per heavy atom. The van der Waals surface area contributed by atoms with Gasteiger partial charge in [-0.1, -0.05) is 67.3 Å². The van der Waals surface area contributed by atoms with Gasteiger partial charge in [-0.05, 0) is 5.92 Å². The Hall–Kier alpha value is -1.40. The Morgan fingerprint density at radius 3 is 2.75 bits per heavy atom. The maximum absolute atomic E-state index is 12.0. The Kier molecular flexibility index (Phi) is 5.55. The van der Waals surface area contributed by atoms with E-state index in [2.05, 4.69) is 29.4 Å². The van der Waals surface area contributed by atoms with Crippen molar-refractivity contribution >= 4 is 34.0 Å². The molecule has 20 heavy (non-hydrogen) atoms. The number of anilines is 1.